The Morgan fingerprint density at radius 3 is 2.18 bits per heavy atom. The largest absolute Gasteiger partial charge is 0.489 e. The third kappa shape index (κ3) is 4.74. The molecule has 0 aliphatic heterocycles. The Hall–Kier alpha value is -4.92. The van der Waals surface area contributed by atoms with Gasteiger partial charge in [0.15, 0.2) is 11.3 Å². The van der Waals surface area contributed by atoms with Gasteiger partial charge < -0.3 is 19.0 Å². The Bertz CT molecular complexity index is 1660. The SMILES string of the molecule is COc1c(-c2nc3ccccc3o2)nc(N(C)C(c2ccccc2)c2ccc(C(=O)N(C)C)cc2)n(C)c1=O. The van der Waals surface area contributed by atoms with Crippen molar-refractivity contribution in [1.29, 1.82) is 0 Å². The number of nitrogens with zero attached hydrogens (tertiary/aromatic N) is 5. The van der Waals surface area contributed by atoms with Gasteiger partial charge in [-0.15, -0.1) is 0 Å². The molecule has 0 N–H and O–H groups in total. The third-order valence-electron chi connectivity index (χ3n) is 6.62. The summed E-state index contributed by atoms with van der Waals surface area (Å²) < 4.78 is 12.9. The van der Waals surface area contributed by atoms with Crippen LogP contribution in [0, 0.1) is 0 Å². The molecule has 1 amide bonds. The monoisotopic (exact) mass is 523 g/mol. The van der Waals surface area contributed by atoms with Crippen LogP contribution in [-0.2, 0) is 7.05 Å². The highest BCUT2D eigenvalue weighted by Gasteiger charge is 2.27. The second kappa shape index (κ2) is 10.4. The molecule has 198 valence electrons. The van der Waals surface area contributed by atoms with Crippen molar-refractivity contribution in [2.24, 2.45) is 7.05 Å². The molecule has 0 saturated carbocycles. The summed E-state index contributed by atoms with van der Waals surface area (Å²) in [6, 6.07) is 24.4. The van der Waals surface area contributed by atoms with Gasteiger partial charge in [0.1, 0.15) is 5.52 Å². The number of oxazole rings is 1. The average Bonchev–Trinajstić information content (AvgIpc) is 3.39. The molecule has 0 bridgehead atoms. The summed E-state index contributed by atoms with van der Waals surface area (Å²) in [6.45, 7) is 0. The standard InChI is InChI=1S/C30H29N5O4/c1-33(2)28(36)21-17-15-20(16-18-21)25(19-11-7-6-8-12-19)34(3)30-32-24(26(38-5)29(37)35(30)4)27-31-22-13-9-10-14-23(22)39-27/h6-18,25H,1-5H3. The Kier molecular flexibility index (Phi) is 6.89. The van der Waals surface area contributed by atoms with Gasteiger partial charge in [0.2, 0.25) is 11.7 Å². The number of ether oxygens (including phenoxy) is 1. The molecule has 9 heteroatoms. The first-order valence-electron chi connectivity index (χ1n) is 12.4. The van der Waals surface area contributed by atoms with Crippen LogP contribution < -0.4 is 15.2 Å². The second-order valence-electron chi connectivity index (χ2n) is 9.39. The van der Waals surface area contributed by atoms with E-state index >= 15 is 0 Å². The quantitative estimate of drug-likeness (QED) is 0.310. The van der Waals surface area contributed by atoms with E-state index in [-0.39, 0.29) is 34.8 Å². The predicted molar refractivity (Wildman–Crippen MR) is 150 cm³/mol. The van der Waals surface area contributed by atoms with E-state index < -0.39 is 0 Å². The number of aromatic nitrogens is 3. The van der Waals surface area contributed by atoms with Gasteiger partial charge in [-0.05, 0) is 35.4 Å². The van der Waals surface area contributed by atoms with E-state index in [9.17, 15) is 9.59 Å². The lowest BCUT2D eigenvalue weighted by molar-refractivity contribution is 0.0827. The van der Waals surface area contributed by atoms with Crippen molar-refractivity contribution in [3.8, 4) is 17.3 Å². The van der Waals surface area contributed by atoms with Crippen LogP contribution in [0.5, 0.6) is 5.75 Å². The maximum atomic E-state index is 13.5. The molecule has 0 saturated heterocycles. The molecule has 3 aromatic carbocycles. The number of benzene rings is 3. The zero-order chi connectivity index (χ0) is 27.7. The summed E-state index contributed by atoms with van der Waals surface area (Å²) in [5, 5.41) is 0. The van der Waals surface area contributed by atoms with Crippen LogP contribution in [0.2, 0.25) is 0 Å². The first-order valence-corrected chi connectivity index (χ1v) is 12.4. The lowest BCUT2D eigenvalue weighted by Crippen LogP contribution is -2.33. The lowest BCUT2D eigenvalue weighted by atomic mass is 9.96. The zero-order valence-corrected chi connectivity index (χ0v) is 22.5. The molecule has 0 aliphatic carbocycles. The maximum Gasteiger partial charge on any atom is 0.297 e. The van der Waals surface area contributed by atoms with Gasteiger partial charge in [0, 0.05) is 33.8 Å². The van der Waals surface area contributed by atoms with Gasteiger partial charge in [0.05, 0.1) is 13.2 Å². The first-order chi connectivity index (χ1) is 18.8. The number of carbonyl (C=O) groups excluding carboxylic acids is 1. The maximum absolute atomic E-state index is 13.5. The molecule has 39 heavy (non-hydrogen) atoms. The summed E-state index contributed by atoms with van der Waals surface area (Å²) in [7, 11) is 8.40. The highest BCUT2D eigenvalue weighted by atomic mass is 16.5. The summed E-state index contributed by atoms with van der Waals surface area (Å²) >= 11 is 0. The van der Waals surface area contributed by atoms with Crippen LogP contribution in [0.25, 0.3) is 22.7 Å². The van der Waals surface area contributed by atoms with E-state index in [2.05, 4.69) is 4.98 Å². The number of para-hydroxylation sites is 2. The molecule has 2 aromatic heterocycles. The number of hydrogen-bond donors (Lipinski definition) is 0. The summed E-state index contributed by atoms with van der Waals surface area (Å²) in [4.78, 5) is 38.8. The average molecular weight is 524 g/mol. The topological polar surface area (TPSA) is 93.7 Å². The fraction of sp³-hybridized carbons (Fsp3) is 0.200. The van der Waals surface area contributed by atoms with Crippen molar-refractivity contribution in [2.75, 3.05) is 33.2 Å². The predicted octanol–water partition coefficient (Wildman–Crippen LogP) is 4.52. The number of rotatable bonds is 7. The van der Waals surface area contributed by atoms with Crippen molar-refractivity contribution in [3.05, 3.63) is 106 Å². The van der Waals surface area contributed by atoms with Crippen molar-refractivity contribution in [3.63, 3.8) is 0 Å². The highest BCUT2D eigenvalue weighted by Crippen LogP contribution is 2.34. The van der Waals surface area contributed by atoms with E-state index in [1.54, 1.807) is 26.0 Å². The van der Waals surface area contributed by atoms with Crippen molar-refractivity contribution in [1.82, 2.24) is 19.4 Å². The molecule has 0 aliphatic rings. The Morgan fingerprint density at radius 2 is 1.54 bits per heavy atom. The number of fused-ring (bicyclic) bond motifs is 1. The Balaban J connectivity index is 1.65. The summed E-state index contributed by atoms with van der Waals surface area (Å²) in [5.41, 5.74) is 3.59. The van der Waals surface area contributed by atoms with Crippen molar-refractivity contribution in [2.45, 2.75) is 6.04 Å². The molecule has 0 fully saturated rings. The molecule has 0 radical (unpaired) electrons. The number of methoxy groups -OCH3 is 1. The minimum Gasteiger partial charge on any atom is -0.489 e. The van der Waals surface area contributed by atoms with Crippen molar-refractivity contribution >= 4 is 23.0 Å². The van der Waals surface area contributed by atoms with Crippen LogP contribution >= 0.6 is 0 Å². The Morgan fingerprint density at radius 1 is 0.897 bits per heavy atom. The van der Waals surface area contributed by atoms with Gasteiger partial charge in [0.25, 0.3) is 17.4 Å². The van der Waals surface area contributed by atoms with Crippen LogP contribution in [0.15, 0.2) is 88.1 Å². The first kappa shape index (κ1) is 25.7. The van der Waals surface area contributed by atoms with E-state index in [1.165, 1.54) is 11.7 Å². The van der Waals surface area contributed by atoms with Gasteiger partial charge in [-0.1, -0.05) is 54.6 Å². The van der Waals surface area contributed by atoms with Gasteiger partial charge in [-0.2, -0.15) is 0 Å². The minimum atomic E-state index is -0.370. The lowest BCUT2D eigenvalue weighted by Gasteiger charge is -2.31. The fourth-order valence-corrected chi connectivity index (χ4v) is 4.64. The number of amides is 1. The summed E-state index contributed by atoms with van der Waals surface area (Å²) in [6.07, 6.45) is 0. The fourth-order valence-electron chi connectivity index (χ4n) is 4.64. The zero-order valence-electron chi connectivity index (χ0n) is 22.5. The molecular formula is C30H29N5O4. The number of hydrogen-bond acceptors (Lipinski definition) is 7. The molecule has 9 nitrogen and oxygen atoms in total. The molecule has 1 unspecified atom stereocenters. The van der Waals surface area contributed by atoms with E-state index in [1.807, 2.05) is 90.8 Å². The number of anilines is 1. The number of carbonyl (C=O) groups is 1. The Labute approximate surface area is 225 Å². The van der Waals surface area contributed by atoms with Crippen LogP contribution in [-0.4, -0.2) is 53.6 Å². The van der Waals surface area contributed by atoms with E-state index in [0.717, 1.165) is 11.1 Å². The van der Waals surface area contributed by atoms with Gasteiger partial charge in [-0.3, -0.25) is 14.2 Å². The second-order valence-corrected chi connectivity index (χ2v) is 9.39. The molecule has 5 rings (SSSR count). The third-order valence-corrected chi connectivity index (χ3v) is 6.62. The molecule has 5 aromatic rings. The van der Waals surface area contributed by atoms with Crippen LogP contribution in [0.4, 0.5) is 5.95 Å². The van der Waals surface area contributed by atoms with E-state index in [4.69, 9.17) is 14.1 Å². The van der Waals surface area contributed by atoms with Crippen molar-refractivity contribution < 1.29 is 13.9 Å². The molecule has 2 heterocycles. The van der Waals surface area contributed by atoms with Crippen LogP contribution in [0.1, 0.15) is 27.5 Å². The molecule has 1 atom stereocenters. The van der Waals surface area contributed by atoms with Gasteiger partial charge >= 0.3 is 0 Å². The van der Waals surface area contributed by atoms with Crippen LogP contribution in [0.3, 0.4) is 0 Å². The smallest absolute Gasteiger partial charge is 0.297 e. The van der Waals surface area contributed by atoms with Gasteiger partial charge in [-0.25, -0.2) is 9.97 Å². The molecular weight excluding hydrogens is 494 g/mol. The normalized spacial score (nSPS) is 11.8. The highest BCUT2D eigenvalue weighted by molar-refractivity contribution is 5.93. The molecule has 0 spiro atoms. The summed E-state index contributed by atoms with van der Waals surface area (Å²) in [5.74, 6) is 0.556. The minimum absolute atomic E-state index is 0.0454. The van der Waals surface area contributed by atoms with E-state index in [0.29, 0.717) is 22.6 Å².